The van der Waals surface area contributed by atoms with E-state index < -0.39 is 11.7 Å². The third kappa shape index (κ3) is 2.62. The summed E-state index contributed by atoms with van der Waals surface area (Å²) in [5.41, 5.74) is 0.157. The lowest BCUT2D eigenvalue weighted by Crippen LogP contribution is -2.24. The zero-order valence-electron chi connectivity index (χ0n) is 9.70. The van der Waals surface area contributed by atoms with E-state index in [1.165, 1.54) is 0 Å². The monoisotopic (exact) mass is 249 g/mol. The molecular weight excluding hydrogens is 237 g/mol. The number of carbonyl (C=O) groups is 1. The summed E-state index contributed by atoms with van der Waals surface area (Å²) in [4.78, 5) is 22.5. The minimum absolute atomic E-state index is 0.157. The molecule has 0 aliphatic rings. The minimum atomic E-state index is -0.558. The number of nitrogens with one attached hydrogen (secondary N) is 3. The molecule has 6 nitrogen and oxygen atoms in total. The predicted octanol–water partition coefficient (Wildman–Crippen LogP) is 0.915. The van der Waals surface area contributed by atoms with E-state index in [0.29, 0.717) is 11.6 Å². The molecule has 7 heteroatoms. The summed E-state index contributed by atoms with van der Waals surface area (Å²) < 4.78 is 13.1. The van der Waals surface area contributed by atoms with Gasteiger partial charge in [-0.05, 0) is 6.07 Å². The van der Waals surface area contributed by atoms with Crippen molar-refractivity contribution in [2.45, 2.75) is 6.54 Å². The highest BCUT2D eigenvalue weighted by atomic mass is 19.1. The molecule has 0 aliphatic carbocycles. The van der Waals surface area contributed by atoms with Gasteiger partial charge in [-0.25, -0.2) is 14.4 Å². The van der Waals surface area contributed by atoms with Crippen molar-refractivity contribution in [1.82, 2.24) is 20.3 Å². The maximum atomic E-state index is 13.1. The molecule has 0 atom stereocenters. The van der Waals surface area contributed by atoms with Gasteiger partial charge in [-0.15, -0.1) is 0 Å². The summed E-state index contributed by atoms with van der Waals surface area (Å²) in [7, 11) is 1.61. The van der Waals surface area contributed by atoms with Crippen LogP contribution in [0.2, 0.25) is 0 Å². The Balaban J connectivity index is 2.10. The van der Waals surface area contributed by atoms with Gasteiger partial charge in [0.1, 0.15) is 17.5 Å². The Labute approximate surface area is 103 Å². The van der Waals surface area contributed by atoms with Gasteiger partial charge in [0.2, 0.25) is 0 Å². The van der Waals surface area contributed by atoms with Gasteiger partial charge in [0, 0.05) is 19.4 Å². The molecule has 18 heavy (non-hydrogen) atoms. The summed E-state index contributed by atoms with van der Waals surface area (Å²) in [5.74, 6) is -0.0213. The van der Waals surface area contributed by atoms with Crippen molar-refractivity contribution < 1.29 is 9.18 Å². The van der Waals surface area contributed by atoms with Crippen LogP contribution < -0.4 is 10.6 Å². The zero-order chi connectivity index (χ0) is 13.0. The molecule has 3 N–H and O–H groups in total. The Bertz CT molecular complexity index is 540. The molecule has 94 valence electrons. The van der Waals surface area contributed by atoms with Crippen LogP contribution in [0.4, 0.5) is 10.2 Å². The largest absolute Gasteiger partial charge is 0.372 e. The SMILES string of the molecule is CNc1ncc(F)cc1C(=O)NCc1ncc[nH]1. The van der Waals surface area contributed by atoms with Crippen LogP contribution in [0, 0.1) is 5.82 Å². The van der Waals surface area contributed by atoms with Crippen molar-refractivity contribution in [3.05, 3.63) is 41.9 Å². The molecule has 0 aliphatic heterocycles. The standard InChI is InChI=1S/C11H12FN5O/c1-13-10-8(4-7(12)5-16-10)11(18)17-6-9-14-2-3-15-9/h2-5H,6H2,1H3,(H,13,16)(H,14,15)(H,17,18). The molecular formula is C11H12FN5O. The van der Waals surface area contributed by atoms with Gasteiger partial charge >= 0.3 is 0 Å². The number of rotatable bonds is 4. The zero-order valence-corrected chi connectivity index (χ0v) is 9.70. The number of aromatic nitrogens is 3. The third-order valence-electron chi connectivity index (χ3n) is 2.31. The highest BCUT2D eigenvalue weighted by Gasteiger charge is 2.13. The number of hydrogen-bond donors (Lipinski definition) is 3. The fraction of sp³-hybridized carbons (Fsp3) is 0.182. The molecule has 0 unspecified atom stereocenters. The molecule has 1 amide bonds. The maximum Gasteiger partial charge on any atom is 0.255 e. The number of imidazole rings is 1. The lowest BCUT2D eigenvalue weighted by Gasteiger charge is -2.08. The molecule has 0 radical (unpaired) electrons. The molecule has 0 spiro atoms. The van der Waals surface area contributed by atoms with E-state index >= 15 is 0 Å². The molecule has 2 heterocycles. The Morgan fingerprint density at radius 3 is 3.00 bits per heavy atom. The minimum Gasteiger partial charge on any atom is -0.372 e. The number of halogens is 1. The van der Waals surface area contributed by atoms with E-state index in [9.17, 15) is 9.18 Å². The Morgan fingerprint density at radius 2 is 2.33 bits per heavy atom. The van der Waals surface area contributed by atoms with Crippen molar-refractivity contribution in [1.29, 1.82) is 0 Å². The number of carbonyl (C=O) groups excluding carboxylic acids is 1. The topological polar surface area (TPSA) is 82.7 Å². The number of nitrogens with zero attached hydrogens (tertiary/aromatic N) is 2. The van der Waals surface area contributed by atoms with Gasteiger partial charge in [-0.1, -0.05) is 0 Å². The molecule has 2 aromatic rings. The van der Waals surface area contributed by atoms with Crippen LogP contribution in [-0.2, 0) is 6.54 Å². The first-order chi connectivity index (χ1) is 8.70. The Kier molecular flexibility index (Phi) is 3.52. The van der Waals surface area contributed by atoms with Crippen LogP contribution in [-0.4, -0.2) is 27.9 Å². The van der Waals surface area contributed by atoms with Crippen molar-refractivity contribution in [2.24, 2.45) is 0 Å². The van der Waals surface area contributed by atoms with E-state index in [-0.39, 0.29) is 12.1 Å². The summed E-state index contributed by atoms with van der Waals surface area (Å²) in [5, 5.41) is 5.36. The van der Waals surface area contributed by atoms with Crippen LogP contribution >= 0.6 is 0 Å². The summed E-state index contributed by atoms with van der Waals surface area (Å²) in [6.45, 7) is 0.242. The van der Waals surface area contributed by atoms with Crippen LogP contribution in [0.15, 0.2) is 24.7 Å². The first-order valence-electron chi connectivity index (χ1n) is 5.30. The molecule has 2 rings (SSSR count). The fourth-order valence-electron chi connectivity index (χ4n) is 1.47. The van der Waals surface area contributed by atoms with Crippen LogP contribution in [0.3, 0.4) is 0 Å². The quantitative estimate of drug-likeness (QED) is 0.752. The Hall–Kier alpha value is -2.44. The number of aromatic amines is 1. The lowest BCUT2D eigenvalue weighted by atomic mass is 10.2. The highest BCUT2D eigenvalue weighted by Crippen LogP contribution is 2.12. The van der Waals surface area contributed by atoms with Crippen LogP contribution in [0.1, 0.15) is 16.2 Å². The average molecular weight is 249 g/mol. The summed E-state index contributed by atoms with van der Waals surface area (Å²) >= 11 is 0. The van der Waals surface area contributed by atoms with Gasteiger partial charge in [-0.3, -0.25) is 4.79 Å². The van der Waals surface area contributed by atoms with Crippen molar-refractivity contribution in [2.75, 3.05) is 12.4 Å². The van der Waals surface area contributed by atoms with Gasteiger partial charge in [0.15, 0.2) is 0 Å². The second-order valence-corrected chi connectivity index (χ2v) is 3.52. The number of pyridine rings is 1. The smallest absolute Gasteiger partial charge is 0.255 e. The third-order valence-corrected chi connectivity index (χ3v) is 2.31. The fourth-order valence-corrected chi connectivity index (χ4v) is 1.47. The van der Waals surface area contributed by atoms with E-state index in [4.69, 9.17) is 0 Å². The molecule has 0 saturated carbocycles. The lowest BCUT2D eigenvalue weighted by molar-refractivity contribution is 0.0950. The normalized spacial score (nSPS) is 10.1. The molecule has 0 saturated heterocycles. The summed E-state index contributed by atoms with van der Waals surface area (Å²) in [6.07, 6.45) is 4.30. The number of H-pyrrole nitrogens is 1. The molecule has 0 fully saturated rings. The molecule has 0 aromatic carbocycles. The maximum absolute atomic E-state index is 13.1. The predicted molar refractivity (Wildman–Crippen MR) is 63.5 cm³/mol. The van der Waals surface area contributed by atoms with E-state index in [1.807, 2.05) is 0 Å². The van der Waals surface area contributed by atoms with Crippen molar-refractivity contribution in [3.8, 4) is 0 Å². The van der Waals surface area contributed by atoms with Gasteiger partial charge in [0.05, 0.1) is 18.3 Å². The molecule has 0 bridgehead atoms. The second-order valence-electron chi connectivity index (χ2n) is 3.52. The first kappa shape index (κ1) is 12.0. The highest BCUT2D eigenvalue weighted by molar-refractivity contribution is 5.98. The van der Waals surface area contributed by atoms with E-state index in [2.05, 4.69) is 25.6 Å². The second kappa shape index (κ2) is 5.26. The number of hydrogen-bond acceptors (Lipinski definition) is 4. The average Bonchev–Trinajstić information content (AvgIpc) is 2.89. The van der Waals surface area contributed by atoms with Gasteiger partial charge < -0.3 is 15.6 Å². The molecule has 2 aromatic heterocycles. The van der Waals surface area contributed by atoms with Gasteiger partial charge in [0.25, 0.3) is 5.91 Å². The van der Waals surface area contributed by atoms with Crippen LogP contribution in [0.25, 0.3) is 0 Å². The van der Waals surface area contributed by atoms with Crippen molar-refractivity contribution >= 4 is 11.7 Å². The van der Waals surface area contributed by atoms with Gasteiger partial charge in [-0.2, -0.15) is 0 Å². The summed E-state index contributed by atoms with van der Waals surface area (Å²) in [6, 6.07) is 1.14. The van der Waals surface area contributed by atoms with Crippen LogP contribution in [0.5, 0.6) is 0 Å². The Morgan fingerprint density at radius 1 is 1.50 bits per heavy atom. The van der Waals surface area contributed by atoms with E-state index in [0.717, 1.165) is 12.3 Å². The van der Waals surface area contributed by atoms with Crippen molar-refractivity contribution in [3.63, 3.8) is 0 Å². The number of amides is 1. The van der Waals surface area contributed by atoms with E-state index in [1.54, 1.807) is 19.4 Å². The first-order valence-corrected chi connectivity index (χ1v) is 5.30. The number of anilines is 1.